The van der Waals surface area contributed by atoms with E-state index in [1.165, 1.54) is 0 Å². The quantitative estimate of drug-likeness (QED) is 0.517. The van der Waals surface area contributed by atoms with Crippen molar-refractivity contribution < 1.29 is 21.9 Å². The van der Waals surface area contributed by atoms with E-state index in [0.29, 0.717) is 25.2 Å². The second-order valence-electron chi connectivity index (χ2n) is 8.05. The Labute approximate surface area is 186 Å². The van der Waals surface area contributed by atoms with Crippen LogP contribution in [-0.2, 0) is 16.6 Å². The molecule has 4 rings (SSSR count). The normalized spacial score (nSPS) is 16.2. The number of sulfonamides is 1. The van der Waals surface area contributed by atoms with E-state index in [4.69, 9.17) is 4.74 Å². The van der Waals surface area contributed by atoms with Gasteiger partial charge in [0.05, 0.1) is 23.3 Å². The number of aromatic nitrogens is 2. The third kappa shape index (κ3) is 4.63. The van der Waals surface area contributed by atoms with E-state index in [9.17, 15) is 17.2 Å². The molecule has 0 N–H and O–H groups in total. The zero-order valence-electron chi connectivity index (χ0n) is 18.2. The number of benzene rings is 2. The molecule has 172 valence electrons. The summed E-state index contributed by atoms with van der Waals surface area (Å²) in [7, 11) is -3.16. The largest absolute Gasteiger partial charge is 0.434 e. The predicted molar refractivity (Wildman–Crippen MR) is 120 cm³/mol. The van der Waals surface area contributed by atoms with Crippen molar-refractivity contribution in [2.45, 2.75) is 45.8 Å². The molecular weight excluding hydrogens is 436 g/mol. The number of halogens is 2. The first-order valence-corrected chi connectivity index (χ1v) is 12.4. The highest BCUT2D eigenvalue weighted by Gasteiger charge is 2.27. The maximum absolute atomic E-state index is 12.8. The number of para-hydroxylation sites is 1. The molecule has 0 saturated carbocycles. The van der Waals surface area contributed by atoms with Crippen LogP contribution in [0.1, 0.15) is 42.6 Å². The number of hydrogen-bond acceptors (Lipinski definition) is 4. The summed E-state index contributed by atoms with van der Waals surface area (Å²) in [5.41, 5.74) is 3.56. The highest BCUT2D eigenvalue weighted by Crippen LogP contribution is 2.32. The summed E-state index contributed by atoms with van der Waals surface area (Å²) < 4.78 is 58.2. The molecule has 1 aliphatic rings. The zero-order valence-corrected chi connectivity index (χ0v) is 19.0. The van der Waals surface area contributed by atoms with Gasteiger partial charge < -0.3 is 9.30 Å². The number of hydrogen-bond donors (Lipinski definition) is 0. The summed E-state index contributed by atoms with van der Waals surface area (Å²) in [6.07, 6.45) is 1.53. The van der Waals surface area contributed by atoms with Gasteiger partial charge in [0, 0.05) is 18.7 Å². The molecule has 0 amide bonds. The van der Waals surface area contributed by atoms with E-state index in [-0.39, 0.29) is 17.4 Å². The number of imidazole rings is 1. The van der Waals surface area contributed by atoms with Crippen LogP contribution < -0.4 is 4.74 Å². The van der Waals surface area contributed by atoms with Crippen molar-refractivity contribution in [1.82, 2.24) is 13.9 Å². The number of rotatable bonds is 7. The van der Waals surface area contributed by atoms with E-state index in [1.54, 1.807) is 35.5 Å². The van der Waals surface area contributed by atoms with Crippen LogP contribution in [0.3, 0.4) is 0 Å². The van der Waals surface area contributed by atoms with Crippen LogP contribution >= 0.6 is 0 Å². The number of ether oxygens (including phenoxy) is 1. The maximum atomic E-state index is 12.8. The monoisotopic (exact) mass is 463 g/mol. The average molecular weight is 464 g/mol. The summed E-state index contributed by atoms with van der Waals surface area (Å²) in [5.74, 6) is 1.33. The van der Waals surface area contributed by atoms with Crippen molar-refractivity contribution in [1.29, 1.82) is 0 Å². The molecule has 0 radical (unpaired) electrons. The first-order valence-electron chi connectivity index (χ1n) is 10.8. The van der Waals surface area contributed by atoms with Gasteiger partial charge in [-0.15, -0.1) is 0 Å². The van der Waals surface area contributed by atoms with Gasteiger partial charge >= 0.3 is 6.61 Å². The van der Waals surface area contributed by atoms with Crippen molar-refractivity contribution in [2.24, 2.45) is 0 Å². The van der Waals surface area contributed by atoms with Crippen LogP contribution in [0.25, 0.3) is 11.0 Å². The summed E-state index contributed by atoms with van der Waals surface area (Å²) in [4.78, 5) is 4.63. The maximum Gasteiger partial charge on any atom is 0.387 e. The van der Waals surface area contributed by atoms with Crippen LogP contribution in [0.2, 0.25) is 0 Å². The van der Waals surface area contributed by atoms with Gasteiger partial charge in [-0.3, -0.25) is 0 Å². The number of alkyl halides is 2. The smallest absolute Gasteiger partial charge is 0.387 e. The minimum absolute atomic E-state index is 0.124. The number of fused-ring (bicyclic) bond motifs is 1. The van der Waals surface area contributed by atoms with Crippen LogP contribution in [0.5, 0.6) is 5.75 Å². The fourth-order valence-electron chi connectivity index (χ4n) is 4.38. The molecule has 0 spiro atoms. The van der Waals surface area contributed by atoms with Crippen LogP contribution in [0.15, 0.2) is 42.5 Å². The molecule has 2 heterocycles. The van der Waals surface area contributed by atoms with Gasteiger partial charge in [-0.05, 0) is 56.4 Å². The molecule has 0 bridgehead atoms. The lowest BCUT2D eigenvalue weighted by Crippen LogP contribution is -2.38. The average Bonchev–Trinajstić information content (AvgIpc) is 3.09. The Bertz CT molecular complexity index is 1200. The van der Waals surface area contributed by atoms with Crippen molar-refractivity contribution in [3.63, 3.8) is 0 Å². The van der Waals surface area contributed by atoms with Crippen LogP contribution in [-0.4, -0.2) is 47.7 Å². The zero-order chi connectivity index (χ0) is 22.9. The van der Waals surface area contributed by atoms with E-state index < -0.39 is 16.6 Å². The van der Waals surface area contributed by atoms with Crippen molar-refractivity contribution in [3.8, 4) is 5.75 Å². The number of piperidine rings is 1. The molecule has 32 heavy (non-hydrogen) atoms. The fourth-order valence-corrected chi connectivity index (χ4v) is 5.51. The van der Waals surface area contributed by atoms with Gasteiger partial charge in [-0.1, -0.05) is 24.3 Å². The molecule has 9 heteroatoms. The van der Waals surface area contributed by atoms with Gasteiger partial charge in [0.2, 0.25) is 10.0 Å². The summed E-state index contributed by atoms with van der Waals surface area (Å²) >= 11 is 0. The molecule has 0 unspecified atom stereocenters. The van der Waals surface area contributed by atoms with E-state index in [1.807, 2.05) is 17.6 Å². The minimum Gasteiger partial charge on any atom is -0.434 e. The number of nitrogens with zero attached hydrogens (tertiary/aromatic N) is 3. The van der Waals surface area contributed by atoms with Gasteiger partial charge in [0.1, 0.15) is 11.6 Å². The molecule has 0 aliphatic carbocycles. The first-order chi connectivity index (χ1) is 15.3. The second-order valence-corrected chi connectivity index (χ2v) is 10.3. The molecule has 6 nitrogen and oxygen atoms in total. The minimum atomic E-state index is -3.16. The SMILES string of the molecule is CCS(=O)(=O)N1CCC(c2ccc3nc(C)n(Cc4ccccc4OC(F)F)c3c2)CC1. The molecule has 1 fully saturated rings. The molecule has 1 aromatic heterocycles. The van der Waals surface area contributed by atoms with Crippen LogP contribution in [0.4, 0.5) is 8.78 Å². The third-order valence-corrected chi connectivity index (χ3v) is 8.05. The van der Waals surface area contributed by atoms with Gasteiger partial charge in [0.25, 0.3) is 0 Å². The molecular formula is C23H27F2N3O3S. The Morgan fingerprint density at radius 1 is 1.16 bits per heavy atom. The Kier molecular flexibility index (Phi) is 6.48. The Morgan fingerprint density at radius 3 is 2.56 bits per heavy atom. The highest BCUT2D eigenvalue weighted by molar-refractivity contribution is 7.89. The molecule has 3 aromatic rings. The molecule has 1 saturated heterocycles. The Hall–Kier alpha value is -2.52. The third-order valence-electron chi connectivity index (χ3n) is 6.16. The first kappa shape index (κ1) is 22.7. The predicted octanol–water partition coefficient (Wildman–Crippen LogP) is 4.52. The Morgan fingerprint density at radius 2 is 1.88 bits per heavy atom. The molecule has 0 atom stereocenters. The molecule has 2 aromatic carbocycles. The van der Waals surface area contributed by atoms with E-state index in [2.05, 4.69) is 17.1 Å². The fraction of sp³-hybridized carbons (Fsp3) is 0.435. The highest BCUT2D eigenvalue weighted by atomic mass is 32.2. The second kappa shape index (κ2) is 9.15. The Balaban J connectivity index is 1.60. The van der Waals surface area contributed by atoms with Crippen molar-refractivity contribution in [2.75, 3.05) is 18.8 Å². The van der Waals surface area contributed by atoms with Crippen molar-refractivity contribution >= 4 is 21.1 Å². The van der Waals surface area contributed by atoms with Gasteiger partial charge in [-0.2, -0.15) is 8.78 Å². The standard InChI is InChI=1S/C23H27F2N3O3S/c1-3-32(29,30)27-12-10-17(11-13-27)18-8-9-20-21(14-18)28(16(2)26-20)15-19-6-4-5-7-22(19)31-23(24)25/h4-9,14,17,23H,3,10-13,15H2,1-2H3. The van der Waals surface area contributed by atoms with E-state index >= 15 is 0 Å². The topological polar surface area (TPSA) is 64.4 Å². The summed E-state index contributed by atoms with van der Waals surface area (Å²) in [6.45, 7) is 2.09. The van der Waals surface area contributed by atoms with Gasteiger partial charge in [0.15, 0.2) is 0 Å². The van der Waals surface area contributed by atoms with E-state index in [0.717, 1.165) is 35.3 Å². The number of aryl methyl sites for hydroxylation is 1. The lowest BCUT2D eigenvalue weighted by molar-refractivity contribution is -0.0504. The summed E-state index contributed by atoms with van der Waals surface area (Å²) in [6, 6.07) is 12.9. The molecule has 1 aliphatic heterocycles. The lowest BCUT2D eigenvalue weighted by atomic mass is 9.90. The van der Waals surface area contributed by atoms with Gasteiger partial charge in [-0.25, -0.2) is 17.7 Å². The van der Waals surface area contributed by atoms with Crippen LogP contribution in [0, 0.1) is 6.92 Å². The lowest BCUT2D eigenvalue weighted by Gasteiger charge is -2.31. The summed E-state index contributed by atoms with van der Waals surface area (Å²) in [5, 5.41) is 0. The van der Waals surface area contributed by atoms with Crippen molar-refractivity contribution in [3.05, 3.63) is 59.4 Å².